The summed E-state index contributed by atoms with van der Waals surface area (Å²) in [7, 11) is 0. The van der Waals surface area contributed by atoms with Crippen LogP contribution in [0.5, 0.6) is 0 Å². The molecule has 0 saturated heterocycles. The summed E-state index contributed by atoms with van der Waals surface area (Å²) in [6.45, 7) is 4.15. The van der Waals surface area contributed by atoms with Crippen LogP contribution in [0, 0.1) is 0 Å². The number of rotatable bonds is 2. The first-order chi connectivity index (χ1) is 6.42. The van der Waals surface area contributed by atoms with Gasteiger partial charge in [-0.1, -0.05) is 13.0 Å². The highest BCUT2D eigenvalue weighted by molar-refractivity contribution is 5.51. The van der Waals surface area contributed by atoms with Crippen LogP contribution in [0.2, 0.25) is 0 Å². The number of aromatic nitrogens is 2. The SMILES string of the molecule is CC/C=C/c1n[nH]c2c1CNCC2. The van der Waals surface area contributed by atoms with E-state index in [0.717, 1.165) is 31.6 Å². The standard InChI is InChI=1S/C10H15N3/c1-2-3-4-9-8-7-11-6-5-10(8)13-12-9/h3-4,11H,2,5-7H2,1H3,(H,12,13)/b4-3+. The third kappa shape index (κ3) is 1.65. The van der Waals surface area contributed by atoms with Crippen LogP contribution in [0.15, 0.2) is 6.08 Å². The zero-order chi connectivity index (χ0) is 9.10. The molecular weight excluding hydrogens is 162 g/mol. The minimum atomic E-state index is 0.954. The molecule has 13 heavy (non-hydrogen) atoms. The zero-order valence-electron chi connectivity index (χ0n) is 7.93. The summed E-state index contributed by atoms with van der Waals surface area (Å²) in [5, 5.41) is 10.7. The second-order valence-corrected chi connectivity index (χ2v) is 3.30. The molecule has 0 aromatic carbocycles. The molecule has 3 heteroatoms. The molecule has 0 saturated carbocycles. The summed E-state index contributed by atoms with van der Waals surface area (Å²) in [5.74, 6) is 0. The highest BCUT2D eigenvalue weighted by Crippen LogP contribution is 2.16. The lowest BCUT2D eigenvalue weighted by Gasteiger charge is -2.11. The quantitative estimate of drug-likeness (QED) is 0.718. The van der Waals surface area contributed by atoms with Crippen LogP contribution in [-0.4, -0.2) is 16.7 Å². The number of fused-ring (bicyclic) bond motifs is 1. The largest absolute Gasteiger partial charge is 0.312 e. The van der Waals surface area contributed by atoms with Crippen LogP contribution in [0.4, 0.5) is 0 Å². The Morgan fingerprint density at radius 3 is 3.31 bits per heavy atom. The van der Waals surface area contributed by atoms with Crippen LogP contribution in [0.25, 0.3) is 6.08 Å². The molecule has 0 spiro atoms. The van der Waals surface area contributed by atoms with E-state index in [0.29, 0.717) is 0 Å². The first kappa shape index (κ1) is 8.51. The predicted molar refractivity (Wildman–Crippen MR) is 53.3 cm³/mol. The van der Waals surface area contributed by atoms with E-state index in [2.05, 4.69) is 34.6 Å². The van der Waals surface area contributed by atoms with Gasteiger partial charge in [-0.2, -0.15) is 5.10 Å². The number of aromatic amines is 1. The van der Waals surface area contributed by atoms with Gasteiger partial charge in [0.1, 0.15) is 0 Å². The fraction of sp³-hybridized carbons (Fsp3) is 0.500. The Kier molecular flexibility index (Phi) is 2.45. The van der Waals surface area contributed by atoms with E-state index in [1.807, 2.05) is 0 Å². The van der Waals surface area contributed by atoms with Gasteiger partial charge in [-0.25, -0.2) is 0 Å². The van der Waals surface area contributed by atoms with Crippen molar-refractivity contribution in [1.29, 1.82) is 0 Å². The molecular formula is C10H15N3. The maximum absolute atomic E-state index is 4.28. The Balaban J connectivity index is 2.26. The van der Waals surface area contributed by atoms with Gasteiger partial charge in [-0.15, -0.1) is 0 Å². The Morgan fingerprint density at radius 2 is 2.46 bits per heavy atom. The average molecular weight is 177 g/mol. The molecule has 2 heterocycles. The summed E-state index contributed by atoms with van der Waals surface area (Å²) in [5.41, 5.74) is 3.74. The minimum absolute atomic E-state index is 0.954. The van der Waals surface area contributed by atoms with Gasteiger partial charge in [-0.05, 0) is 12.5 Å². The summed E-state index contributed by atoms with van der Waals surface area (Å²) >= 11 is 0. The number of nitrogens with zero attached hydrogens (tertiary/aromatic N) is 1. The van der Waals surface area contributed by atoms with E-state index in [4.69, 9.17) is 0 Å². The molecule has 0 fully saturated rings. The molecule has 3 nitrogen and oxygen atoms in total. The Morgan fingerprint density at radius 1 is 1.54 bits per heavy atom. The zero-order valence-corrected chi connectivity index (χ0v) is 7.93. The molecule has 0 radical (unpaired) electrons. The molecule has 0 bridgehead atoms. The lowest BCUT2D eigenvalue weighted by Crippen LogP contribution is -2.23. The van der Waals surface area contributed by atoms with Crippen molar-refractivity contribution in [3.63, 3.8) is 0 Å². The number of hydrogen-bond donors (Lipinski definition) is 2. The van der Waals surface area contributed by atoms with Crippen LogP contribution in [-0.2, 0) is 13.0 Å². The molecule has 0 atom stereocenters. The average Bonchev–Trinajstić information content (AvgIpc) is 2.58. The molecule has 1 aromatic rings. The maximum Gasteiger partial charge on any atom is 0.0893 e. The molecule has 1 aromatic heterocycles. The van der Waals surface area contributed by atoms with E-state index in [9.17, 15) is 0 Å². The van der Waals surface area contributed by atoms with Crippen molar-refractivity contribution >= 4 is 6.08 Å². The Bertz CT molecular complexity index is 312. The van der Waals surface area contributed by atoms with Gasteiger partial charge >= 0.3 is 0 Å². The molecule has 1 aliphatic heterocycles. The maximum atomic E-state index is 4.28. The number of hydrogen-bond acceptors (Lipinski definition) is 2. The first-order valence-electron chi connectivity index (χ1n) is 4.85. The fourth-order valence-electron chi connectivity index (χ4n) is 1.62. The molecule has 1 aliphatic rings. The lowest BCUT2D eigenvalue weighted by molar-refractivity contribution is 0.636. The van der Waals surface area contributed by atoms with Crippen molar-refractivity contribution in [2.45, 2.75) is 26.3 Å². The molecule has 2 rings (SSSR count). The topological polar surface area (TPSA) is 40.7 Å². The third-order valence-corrected chi connectivity index (χ3v) is 2.35. The lowest BCUT2D eigenvalue weighted by atomic mass is 10.1. The van der Waals surface area contributed by atoms with E-state index >= 15 is 0 Å². The van der Waals surface area contributed by atoms with Gasteiger partial charge in [0.05, 0.1) is 5.69 Å². The monoisotopic (exact) mass is 177 g/mol. The van der Waals surface area contributed by atoms with Crippen molar-refractivity contribution in [1.82, 2.24) is 15.5 Å². The van der Waals surface area contributed by atoms with Gasteiger partial charge in [0, 0.05) is 30.8 Å². The first-order valence-corrected chi connectivity index (χ1v) is 4.85. The Labute approximate surface area is 78.2 Å². The van der Waals surface area contributed by atoms with Crippen LogP contribution >= 0.6 is 0 Å². The summed E-state index contributed by atoms with van der Waals surface area (Å²) in [4.78, 5) is 0. The van der Waals surface area contributed by atoms with Crippen molar-refractivity contribution in [2.24, 2.45) is 0 Å². The van der Waals surface area contributed by atoms with Crippen molar-refractivity contribution in [3.05, 3.63) is 23.0 Å². The summed E-state index contributed by atoms with van der Waals surface area (Å²) in [6, 6.07) is 0. The van der Waals surface area contributed by atoms with E-state index < -0.39 is 0 Å². The number of allylic oxidation sites excluding steroid dienone is 1. The van der Waals surface area contributed by atoms with Gasteiger partial charge in [0.2, 0.25) is 0 Å². The van der Waals surface area contributed by atoms with E-state index in [1.165, 1.54) is 11.3 Å². The fourth-order valence-corrected chi connectivity index (χ4v) is 1.62. The number of H-pyrrole nitrogens is 1. The predicted octanol–water partition coefficient (Wildman–Crippen LogP) is 1.48. The smallest absolute Gasteiger partial charge is 0.0893 e. The third-order valence-electron chi connectivity index (χ3n) is 2.35. The van der Waals surface area contributed by atoms with Crippen molar-refractivity contribution in [2.75, 3.05) is 6.54 Å². The highest BCUT2D eigenvalue weighted by atomic mass is 15.1. The van der Waals surface area contributed by atoms with Crippen LogP contribution in [0.1, 0.15) is 30.3 Å². The number of nitrogens with one attached hydrogen (secondary N) is 2. The molecule has 0 amide bonds. The molecule has 2 N–H and O–H groups in total. The Hall–Kier alpha value is -1.09. The van der Waals surface area contributed by atoms with Gasteiger partial charge < -0.3 is 5.32 Å². The second-order valence-electron chi connectivity index (χ2n) is 3.30. The summed E-state index contributed by atoms with van der Waals surface area (Å²) in [6.07, 6.45) is 6.38. The van der Waals surface area contributed by atoms with E-state index in [1.54, 1.807) is 0 Å². The highest BCUT2D eigenvalue weighted by Gasteiger charge is 2.13. The molecule has 0 aliphatic carbocycles. The van der Waals surface area contributed by atoms with Crippen molar-refractivity contribution in [3.8, 4) is 0 Å². The van der Waals surface area contributed by atoms with Gasteiger partial charge in [0.25, 0.3) is 0 Å². The van der Waals surface area contributed by atoms with E-state index in [-0.39, 0.29) is 0 Å². The van der Waals surface area contributed by atoms with Gasteiger partial charge in [-0.3, -0.25) is 5.10 Å². The van der Waals surface area contributed by atoms with Crippen molar-refractivity contribution < 1.29 is 0 Å². The second kappa shape index (κ2) is 3.75. The summed E-state index contributed by atoms with van der Waals surface area (Å²) < 4.78 is 0. The molecule has 0 unspecified atom stereocenters. The van der Waals surface area contributed by atoms with Crippen LogP contribution < -0.4 is 5.32 Å². The van der Waals surface area contributed by atoms with Gasteiger partial charge in [0.15, 0.2) is 0 Å². The molecule has 70 valence electrons. The van der Waals surface area contributed by atoms with Crippen LogP contribution in [0.3, 0.4) is 0 Å². The normalized spacial score (nSPS) is 16.4. The minimum Gasteiger partial charge on any atom is -0.312 e.